The predicted molar refractivity (Wildman–Crippen MR) is 97.9 cm³/mol. The second-order valence-corrected chi connectivity index (χ2v) is 6.77. The third-order valence-electron chi connectivity index (χ3n) is 4.34. The summed E-state index contributed by atoms with van der Waals surface area (Å²) < 4.78 is 5.55. The molecule has 0 spiro atoms. The largest absolute Gasteiger partial charge is 0.492 e. The molecule has 1 aliphatic rings. The molecular weight excluding hydrogens is 342 g/mol. The number of carbonyl (C=O) groups excluding carboxylic acids is 2. The van der Waals surface area contributed by atoms with Crippen LogP contribution in [0, 0.1) is 5.92 Å². The molecule has 0 atom stereocenters. The van der Waals surface area contributed by atoms with Crippen LogP contribution in [0.4, 0.5) is 4.79 Å². The molecule has 2 rings (SSSR count). The number of hydrogen-bond donors (Lipinski definition) is 2. The van der Waals surface area contributed by atoms with Gasteiger partial charge in [0, 0.05) is 18.6 Å². The minimum absolute atomic E-state index is 0.0236. The number of nitrogens with zero attached hydrogens (tertiary/aromatic N) is 1. The maximum Gasteiger partial charge on any atom is 0.315 e. The first-order valence-electron chi connectivity index (χ1n) is 8.68. The number of ether oxygens (including phenoxy) is 1. The molecule has 0 aromatic heterocycles. The van der Waals surface area contributed by atoms with Gasteiger partial charge >= 0.3 is 6.03 Å². The zero-order valence-electron chi connectivity index (χ0n) is 14.6. The molecule has 0 saturated heterocycles. The molecule has 1 aromatic rings. The second-order valence-electron chi connectivity index (χ2n) is 6.34. The summed E-state index contributed by atoms with van der Waals surface area (Å²) in [7, 11) is 1.68. The third kappa shape index (κ3) is 7.22. The normalized spacial score (nSPS) is 14.2. The molecule has 1 saturated carbocycles. The van der Waals surface area contributed by atoms with E-state index in [0.717, 1.165) is 0 Å². The summed E-state index contributed by atoms with van der Waals surface area (Å²) in [5, 5.41) is 6.04. The Hall–Kier alpha value is -1.95. The molecule has 3 amide bonds. The molecule has 1 fully saturated rings. The van der Waals surface area contributed by atoms with Crippen molar-refractivity contribution in [2.45, 2.75) is 25.7 Å². The van der Waals surface area contributed by atoms with E-state index in [-0.39, 0.29) is 18.5 Å². The highest BCUT2D eigenvalue weighted by Crippen LogP contribution is 2.23. The molecule has 138 valence electrons. The van der Waals surface area contributed by atoms with Gasteiger partial charge in [-0.1, -0.05) is 30.5 Å². The number of amides is 3. The first-order valence-corrected chi connectivity index (χ1v) is 9.06. The van der Waals surface area contributed by atoms with E-state index >= 15 is 0 Å². The molecule has 6 nitrogen and oxygen atoms in total. The summed E-state index contributed by atoms with van der Waals surface area (Å²) in [6, 6.07) is 6.82. The molecule has 1 aromatic carbocycles. The van der Waals surface area contributed by atoms with Gasteiger partial charge in [-0.05, 0) is 37.0 Å². The summed E-state index contributed by atoms with van der Waals surface area (Å²) in [6.07, 6.45) is 4.84. The van der Waals surface area contributed by atoms with E-state index in [0.29, 0.717) is 36.4 Å². The van der Waals surface area contributed by atoms with Gasteiger partial charge in [-0.15, -0.1) is 0 Å². The zero-order valence-corrected chi connectivity index (χ0v) is 15.3. The summed E-state index contributed by atoms with van der Waals surface area (Å²) in [5.41, 5.74) is 0. The van der Waals surface area contributed by atoms with Crippen LogP contribution in [0.1, 0.15) is 25.7 Å². The van der Waals surface area contributed by atoms with Crippen molar-refractivity contribution in [3.8, 4) is 5.75 Å². The Morgan fingerprint density at radius 2 is 2.04 bits per heavy atom. The van der Waals surface area contributed by atoms with Gasteiger partial charge in [0.05, 0.1) is 13.1 Å². The number of benzene rings is 1. The van der Waals surface area contributed by atoms with Crippen molar-refractivity contribution in [1.82, 2.24) is 15.5 Å². The van der Waals surface area contributed by atoms with E-state index in [1.807, 2.05) is 6.07 Å². The molecule has 25 heavy (non-hydrogen) atoms. The van der Waals surface area contributed by atoms with Crippen LogP contribution in [0.2, 0.25) is 5.02 Å². The van der Waals surface area contributed by atoms with Gasteiger partial charge in [-0.3, -0.25) is 4.79 Å². The molecule has 7 heteroatoms. The van der Waals surface area contributed by atoms with Crippen molar-refractivity contribution in [3.05, 3.63) is 29.3 Å². The predicted octanol–water partition coefficient (Wildman–Crippen LogP) is 2.67. The van der Waals surface area contributed by atoms with Crippen LogP contribution in [0.3, 0.4) is 0 Å². The lowest BCUT2D eigenvalue weighted by atomic mass is 10.1. The minimum atomic E-state index is -0.288. The Labute approximate surface area is 153 Å². The highest BCUT2D eigenvalue weighted by atomic mass is 35.5. The van der Waals surface area contributed by atoms with Crippen molar-refractivity contribution in [2.24, 2.45) is 5.92 Å². The van der Waals surface area contributed by atoms with Crippen molar-refractivity contribution in [2.75, 3.05) is 33.3 Å². The standard InChI is InChI=1S/C18H26ClN3O3/c1-22(9-10-25-16-8-4-7-15(19)11-16)17(23)13-21-18(24)20-12-14-5-2-3-6-14/h4,7-8,11,14H,2-3,5-6,9-10,12-13H2,1H3,(H2,20,21,24). The van der Waals surface area contributed by atoms with E-state index in [1.54, 1.807) is 25.2 Å². The fourth-order valence-corrected chi connectivity index (χ4v) is 2.97. The summed E-state index contributed by atoms with van der Waals surface area (Å²) >= 11 is 5.88. The zero-order chi connectivity index (χ0) is 18.1. The van der Waals surface area contributed by atoms with Gasteiger partial charge in [0.2, 0.25) is 5.91 Å². The Kier molecular flexibility index (Phi) is 7.85. The van der Waals surface area contributed by atoms with Crippen molar-refractivity contribution in [3.63, 3.8) is 0 Å². The maximum absolute atomic E-state index is 12.0. The van der Waals surface area contributed by atoms with Crippen LogP contribution in [-0.4, -0.2) is 50.1 Å². The SMILES string of the molecule is CN(CCOc1cccc(Cl)c1)C(=O)CNC(=O)NCC1CCCC1. The van der Waals surface area contributed by atoms with Crippen LogP contribution in [0.25, 0.3) is 0 Å². The molecule has 0 heterocycles. The van der Waals surface area contributed by atoms with Crippen molar-refractivity contribution in [1.29, 1.82) is 0 Å². The third-order valence-corrected chi connectivity index (χ3v) is 4.58. The van der Waals surface area contributed by atoms with Gasteiger partial charge in [-0.25, -0.2) is 4.79 Å². The number of hydrogen-bond acceptors (Lipinski definition) is 3. The van der Waals surface area contributed by atoms with Crippen LogP contribution in [-0.2, 0) is 4.79 Å². The van der Waals surface area contributed by atoms with Gasteiger partial charge in [0.15, 0.2) is 0 Å². The van der Waals surface area contributed by atoms with Crippen molar-refractivity contribution >= 4 is 23.5 Å². The molecule has 0 bridgehead atoms. The molecule has 1 aliphatic carbocycles. The van der Waals surface area contributed by atoms with Crippen LogP contribution < -0.4 is 15.4 Å². The highest BCUT2D eigenvalue weighted by Gasteiger charge is 2.16. The Morgan fingerprint density at radius 3 is 2.76 bits per heavy atom. The lowest BCUT2D eigenvalue weighted by Crippen LogP contribution is -2.44. The lowest BCUT2D eigenvalue weighted by molar-refractivity contribution is -0.129. The molecule has 0 radical (unpaired) electrons. The number of carbonyl (C=O) groups is 2. The smallest absolute Gasteiger partial charge is 0.315 e. The number of likely N-dealkylation sites (N-methyl/N-ethyl adjacent to an activating group) is 1. The second kappa shape index (κ2) is 10.1. The van der Waals surface area contributed by atoms with Crippen LogP contribution >= 0.6 is 11.6 Å². The topological polar surface area (TPSA) is 70.7 Å². The average Bonchev–Trinajstić information content (AvgIpc) is 3.11. The Bertz CT molecular complexity index is 576. The van der Waals surface area contributed by atoms with E-state index in [9.17, 15) is 9.59 Å². The van der Waals surface area contributed by atoms with Crippen LogP contribution in [0.5, 0.6) is 5.75 Å². The number of rotatable bonds is 8. The number of urea groups is 1. The maximum atomic E-state index is 12.0. The van der Waals surface area contributed by atoms with E-state index < -0.39 is 0 Å². The van der Waals surface area contributed by atoms with Gasteiger partial charge < -0.3 is 20.3 Å². The lowest BCUT2D eigenvalue weighted by Gasteiger charge is -2.18. The minimum Gasteiger partial charge on any atom is -0.492 e. The van der Waals surface area contributed by atoms with E-state index in [4.69, 9.17) is 16.3 Å². The van der Waals surface area contributed by atoms with Crippen molar-refractivity contribution < 1.29 is 14.3 Å². The van der Waals surface area contributed by atoms with Gasteiger partial charge in [0.1, 0.15) is 12.4 Å². The fourth-order valence-electron chi connectivity index (χ4n) is 2.79. The monoisotopic (exact) mass is 367 g/mol. The molecule has 2 N–H and O–H groups in total. The Morgan fingerprint density at radius 1 is 1.28 bits per heavy atom. The first kappa shape index (κ1) is 19.4. The molecular formula is C18H26ClN3O3. The van der Waals surface area contributed by atoms with Gasteiger partial charge in [-0.2, -0.15) is 0 Å². The molecule has 0 unspecified atom stereocenters. The van der Waals surface area contributed by atoms with Crippen LogP contribution in [0.15, 0.2) is 24.3 Å². The highest BCUT2D eigenvalue weighted by molar-refractivity contribution is 6.30. The summed E-state index contributed by atoms with van der Waals surface area (Å²) in [6.45, 7) is 1.45. The first-order chi connectivity index (χ1) is 12.0. The van der Waals surface area contributed by atoms with Gasteiger partial charge in [0.25, 0.3) is 0 Å². The molecule has 0 aliphatic heterocycles. The summed E-state index contributed by atoms with van der Waals surface area (Å²) in [5.74, 6) is 1.08. The quantitative estimate of drug-likeness (QED) is 0.742. The summed E-state index contributed by atoms with van der Waals surface area (Å²) in [4.78, 5) is 25.3. The van der Waals surface area contributed by atoms with E-state index in [2.05, 4.69) is 10.6 Å². The average molecular weight is 368 g/mol. The number of halogens is 1. The van der Waals surface area contributed by atoms with E-state index in [1.165, 1.54) is 30.6 Å². The number of nitrogens with one attached hydrogen (secondary N) is 2. The fraction of sp³-hybridized carbons (Fsp3) is 0.556. The Balaban J connectivity index is 1.58.